The molecular weight excluding hydrogens is 193 g/mol. The van der Waals surface area contributed by atoms with Gasteiger partial charge < -0.3 is 10.2 Å². The van der Waals surface area contributed by atoms with E-state index >= 15 is 0 Å². The summed E-state index contributed by atoms with van der Waals surface area (Å²) in [6.45, 7) is 7.24. The zero-order valence-electron chi connectivity index (χ0n) is 9.42. The second kappa shape index (κ2) is 5.77. The van der Waals surface area contributed by atoms with E-state index in [1.807, 2.05) is 0 Å². The molecule has 2 saturated heterocycles. The van der Waals surface area contributed by atoms with Gasteiger partial charge in [-0.05, 0) is 25.9 Å². The highest BCUT2D eigenvalue weighted by atomic mass is 19.1. The van der Waals surface area contributed by atoms with Crippen LogP contribution in [0.1, 0.15) is 12.8 Å². The maximum absolute atomic E-state index is 12.2. The van der Waals surface area contributed by atoms with Crippen molar-refractivity contribution >= 4 is 0 Å². The minimum absolute atomic E-state index is 0.196. The summed E-state index contributed by atoms with van der Waals surface area (Å²) in [5.74, 6) is 0. The molecule has 4 heteroatoms. The molecule has 88 valence electrons. The lowest BCUT2D eigenvalue weighted by Crippen LogP contribution is -2.52. The van der Waals surface area contributed by atoms with Gasteiger partial charge in [-0.1, -0.05) is 0 Å². The Kier molecular flexibility index (Phi) is 4.35. The Hall–Kier alpha value is -0.190. The van der Waals surface area contributed by atoms with Crippen LogP contribution < -0.4 is 5.32 Å². The molecule has 1 N–H and O–H groups in total. The predicted octanol–water partition coefficient (Wildman–Crippen LogP) is 0.326. The van der Waals surface area contributed by atoms with E-state index in [9.17, 15) is 4.39 Å². The summed E-state index contributed by atoms with van der Waals surface area (Å²) in [6.07, 6.45) is 2.44. The number of piperidine rings is 1. The first-order chi connectivity index (χ1) is 7.40. The number of rotatable bonds is 3. The molecule has 0 amide bonds. The third kappa shape index (κ3) is 3.13. The Morgan fingerprint density at radius 2 is 1.73 bits per heavy atom. The van der Waals surface area contributed by atoms with Crippen molar-refractivity contribution in [1.29, 1.82) is 0 Å². The van der Waals surface area contributed by atoms with Crippen LogP contribution in [0.5, 0.6) is 0 Å². The number of hydrogen-bond acceptors (Lipinski definition) is 3. The van der Waals surface area contributed by atoms with Gasteiger partial charge in [0, 0.05) is 38.8 Å². The molecule has 2 aliphatic rings. The van der Waals surface area contributed by atoms with Gasteiger partial charge in [0.25, 0.3) is 0 Å². The number of nitrogens with one attached hydrogen (secondary N) is 1. The van der Waals surface area contributed by atoms with Crippen LogP contribution in [-0.2, 0) is 0 Å². The molecule has 3 nitrogen and oxygen atoms in total. The smallest absolute Gasteiger partial charge is 0.102 e. The topological polar surface area (TPSA) is 18.5 Å². The minimum atomic E-state index is -0.196. The van der Waals surface area contributed by atoms with E-state index in [4.69, 9.17) is 0 Å². The van der Waals surface area contributed by atoms with Crippen molar-refractivity contribution in [3.8, 4) is 0 Å². The van der Waals surface area contributed by atoms with Gasteiger partial charge in [0.15, 0.2) is 0 Å². The standard InChI is InChI=1S/C11H22FN3/c12-3-8-14-6-1-11(2-7-14)15-9-4-13-5-10-15/h11,13H,1-10H2. The summed E-state index contributed by atoms with van der Waals surface area (Å²) < 4.78 is 12.2. The maximum Gasteiger partial charge on any atom is 0.102 e. The van der Waals surface area contributed by atoms with E-state index < -0.39 is 0 Å². The third-order valence-electron chi connectivity index (χ3n) is 3.63. The first-order valence-electron chi connectivity index (χ1n) is 6.13. The lowest BCUT2D eigenvalue weighted by molar-refractivity contribution is 0.0949. The Morgan fingerprint density at radius 3 is 2.33 bits per heavy atom. The van der Waals surface area contributed by atoms with Gasteiger partial charge in [-0.25, -0.2) is 4.39 Å². The molecule has 2 heterocycles. The van der Waals surface area contributed by atoms with E-state index in [2.05, 4.69) is 15.1 Å². The molecule has 0 aromatic heterocycles. The van der Waals surface area contributed by atoms with Crippen LogP contribution in [0, 0.1) is 0 Å². The fraction of sp³-hybridized carbons (Fsp3) is 1.00. The van der Waals surface area contributed by atoms with Gasteiger partial charge >= 0.3 is 0 Å². The normalized spacial score (nSPS) is 27.0. The highest BCUT2D eigenvalue weighted by Gasteiger charge is 2.24. The summed E-state index contributed by atoms with van der Waals surface area (Å²) in [7, 11) is 0. The average Bonchev–Trinajstić information content (AvgIpc) is 2.32. The fourth-order valence-corrected chi connectivity index (χ4v) is 2.67. The Morgan fingerprint density at radius 1 is 1.07 bits per heavy atom. The van der Waals surface area contributed by atoms with Crippen LogP contribution in [0.15, 0.2) is 0 Å². The van der Waals surface area contributed by atoms with E-state index in [0.717, 1.165) is 32.2 Å². The lowest BCUT2D eigenvalue weighted by atomic mass is 10.0. The van der Waals surface area contributed by atoms with E-state index in [-0.39, 0.29) is 6.67 Å². The molecule has 0 atom stereocenters. The highest BCUT2D eigenvalue weighted by molar-refractivity contribution is 4.82. The number of piperazine rings is 1. The molecule has 0 spiro atoms. The summed E-state index contributed by atoms with van der Waals surface area (Å²) in [4.78, 5) is 4.85. The molecule has 0 aliphatic carbocycles. The SMILES string of the molecule is FCCN1CCC(N2CCNCC2)CC1. The molecule has 15 heavy (non-hydrogen) atoms. The number of halogens is 1. The quantitative estimate of drug-likeness (QED) is 0.732. The van der Waals surface area contributed by atoms with Crippen LogP contribution in [0.3, 0.4) is 0 Å². The number of likely N-dealkylation sites (tertiary alicyclic amines) is 1. The summed E-state index contributed by atoms with van der Waals surface area (Å²) in [5.41, 5.74) is 0. The molecule has 0 saturated carbocycles. The van der Waals surface area contributed by atoms with Crippen molar-refractivity contribution in [3.63, 3.8) is 0 Å². The fourth-order valence-electron chi connectivity index (χ4n) is 2.67. The maximum atomic E-state index is 12.2. The van der Waals surface area contributed by atoms with Gasteiger partial charge in [0.2, 0.25) is 0 Å². The van der Waals surface area contributed by atoms with Gasteiger partial charge in [-0.15, -0.1) is 0 Å². The van der Waals surface area contributed by atoms with Crippen LogP contribution in [0.2, 0.25) is 0 Å². The number of alkyl halides is 1. The monoisotopic (exact) mass is 215 g/mol. The van der Waals surface area contributed by atoms with Gasteiger partial charge in [-0.3, -0.25) is 4.90 Å². The summed E-state index contributed by atoms with van der Waals surface area (Å²) in [6, 6.07) is 0.753. The number of nitrogens with zero attached hydrogens (tertiary/aromatic N) is 2. The van der Waals surface area contributed by atoms with Gasteiger partial charge in [0.1, 0.15) is 6.67 Å². The largest absolute Gasteiger partial charge is 0.314 e. The zero-order valence-corrected chi connectivity index (χ0v) is 9.42. The lowest BCUT2D eigenvalue weighted by Gasteiger charge is -2.40. The summed E-state index contributed by atoms with van der Waals surface area (Å²) >= 11 is 0. The molecule has 2 aliphatic heterocycles. The molecule has 0 radical (unpaired) electrons. The van der Waals surface area contributed by atoms with E-state index in [1.54, 1.807) is 0 Å². The van der Waals surface area contributed by atoms with Crippen LogP contribution >= 0.6 is 0 Å². The Balaban J connectivity index is 1.72. The molecule has 0 bridgehead atoms. The first kappa shape index (κ1) is 11.3. The van der Waals surface area contributed by atoms with Crippen molar-refractivity contribution in [2.45, 2.75) is 18.9 Å². The van der Waals surface area contributed by atoms with Crippen molar-refractivity contribution in [2.75, 3.05) is 52.5 Å². The number of hydrogen-bond donors (Lipinski definition) is 1. The van der Waals surface area contributed by atoms with Gasteiger partial charge in [-0.2, -0.15) is 0 Å². The first-order valence-corrected chi connectivity index (χ1v) is 6.13. The molecule has 2 fully saturated rings. The second-order valence-corrected chi connectivity index (χ2v) is 4.55. The van der Waals surface area contributed by atoms with E-state index in [1.165, 1.54) is 25.9 Å². The van der Waals surface area contributed by atoms with E-state index in [0.29, 0.717) is 6.54 Å². The molecule has 0 unspecified atom stereocenters. The minimum Gasteiger partial charge on any atom is -0.314 e. The van der Waals surface area contributed by atoms with Crippen LogP contribution in [0.4, 0.5) is 4.39 Å². The van der Waals surface area contributed by atoms with Crippen molar-refractivity contribution in [1.82, 2.24) is 15.1 Å². The van der Waals surface area contributed by atoms with Crippen molar-refractivity contribution in [2.24, 2.45) is 0 Å². The van der Waals surface area contributed by atoms with Crippen LogP contribution in [-0.4, -0.2) is 68.3 Å². The predicted molar refractivity (Wildman–Crippen MR) is 59.9 cm³/mol. The zero-order chi connectivity index (χ0) is 10.5. The molecule has 0 aromatic carbocycles. The molecule has 0 aromatic rings. The van der Waals surface area contributed by atoms with Crippen molar-refractivity contribution < 1.29 is 4.39 Å². The molecule has 2 rings (SSSR count). The highest BCUT2D eigenvalue weighted by Crippen LogP contribution is 2.16. The summed E-state index contributed by atoms with van der Waals surface area (Å²) in [5, 5.41) is 3.38. The van der Waals surface area contributed by atoms with Gasteiger partial charge in [0.05, 0.1) is 0 Å². The Bertz CT molecular complexity index is 175. The molecular formula is C11H22FN3. The Labute approximate surface area is 91.6 Å². The van der Waals surface area contributed by atoms with Crippen molar-refractivity contribution in [3.05, 3.63) is 0 Å². The van der Waals surface area contributed by atoms with Crippen LogP contribution in [0.25, 0.3) is 0 Å². The third-order valence-corrected chi connectivity index (χ3v) is 3.63. The average molecular weight is 215 g/mol. The second-order valence-electron chi connectivity index (χ2n) is 4.55.